The lowest BCUT2D eigenvalue weighted by atomic mass is 10.1. The van der Waals surface area contributed by atoms with Crippen molar-refractivity contribution < 1.29 is 5.11 Å². The van der Waals surface area contributed by atoms with Gasteiger partial charge in [-0.05, 0) is 32.9 Å². The third-order valence-electron chi connectivity index (χ3n) is 2.81. The van der Waals surface area contributed by atoms with E-state index in [9.17, 15) is 5.11 Å². The highest BCUT2D eigenvalue weighted by atomic mass is 16.3. The Bertz CT molecular complexity index is 363. The van der Waals surface area contributed by atoms with E-state index in [1.165, 1.54) is 0 Å². The summed E-state index contributed by atoms with van der Waals surface area (Å²) in [5.74, 6) is 0.338. The van der Waals surface area contributed by atoms with Gasteiger partial charge in [0.2, 0.25) is 0 Å². The number of phenols is 1. The molecule has 1 heterocycles. The molecule has 1 atom stereocenters. The van der Waals surface area contributed by atoms with E-state index in [-0.39, 0.29) is 0 Å². The van der Waals surface area contributed by atoms with Crippen LogP contribution in [0.25, 0.3) is 0 Å². The highest BCUT2D eigenvalue weighted by Gasteiger charge is 2.24. The van der Waals surface area contributed by atoms with E-state index in [1.54, 1.807) is 6.07 Å². The van der Waals surface area contributed by atoms with Gasteiger partial charge in [-0.3, -0.25) is 0 Å². The smallest absolute Gasteiger partial charge is 0.140 e. The number of nitrogens with zero attached hydrogens (tertiary/aromatic N) is 1. The second-order valence-electron chi connectivity index (χ2n) is 4.46. The first-order valence-electron chi connectivity index (χ1n) is 5.44. The van der Waals surface area contributed by atoms with Crippen molar-refractivity contribution >= 4 is 11.4 Å². The first kappa shape index (κ1) is 10.1. The van der Waals surface area contributed by atoms with Gasteiger partial charge in [-0.15, -0.1) is 0 Å². The molecule has 0 fully saturated rings. The Kier molecular flexibility index (Phi) is 2.47. The summed E-state index contributed by atoms with van der Waals surface area (Å²) in [5, 5.41) is 13.1. The van der Waals surface area contributed by atoms with Gasteiger partial charge in [-0.25, -0.2) is 0 Å². The molecule has 0 amide bonds. The number of phenolic OH excluding ortho intramolecular Hbond substituents is 1. The zero-order valence-electron chi connectivity index (χ0n) is 9.49. The van der Waals surface area contributed by atoms with Gasteiger partial charge < -0.3 is 15.3 Å². The standard InChI is InChI=1S/C12H18N2O/c1-8(2)14-7-9(3)13-12-10(14)5-4-6-11(12)15/h4-6,8-9,13,15H,7H2,1-3H3. The van der Waals surface area contributed by atoms with Crippen LogP contribution in [0.3, 0.4) is 0 Å². The molecule has 1 aliphatic rings. The van der Waals surface area contributed by atoms with E-state index >= 15 is 0 Å². The lowest BCUT2D eigenvalue weighted by Crippen LogP contribution is -2.43. The molecule has 0 saturated carbocycles. The summed E-state index contributed by atoms with van der Waals surface area (Å²) in [7, 11) is 0. The summed E-state index contributed by atoms with van der Waals surface area (Å²) in [4.78, 5) is 2.32. The number of benzene rings is 1. The zero-order chi connectivity index (χ0) is 11.0. The van der Waals surface area contributed by atoms with Crippen molar-refractivity contribution in [3.8, 4) is 5.75 Å². The SMILES string of the molecule is CC1CN(C(C)C)c2cccc(O)c2N1. The van der Waals surface area contributed by atoms with Crippen molar-refractivity contribution in [3.63, 3.8) is 0 Å². The topological polar surface area (TPSA) is 35.5 Å². The Hall–Kier alpha value is -1.38. The minimum atomic E-state index is 0.338. The molecule has 1 aromatic carbocycles. The van der Waals surface area contributed by atoms with Crippen molar-refractivity contribution in [2.75, 3.05) is 16.8 Å². The van der Waals surface area contributed by atoms with Crippen LogP contribution in [0.1, 0.15) is 20.8 Å². The van der Waals surface area contributed by atoms with Crippen LogP contribution < -0.4 is 10.2 Å². The Morgan fingerprint density at radius 2 is 2.20 bits per heavy atom. The molecule has 1 unspecified atom stereocenters. The average molecular weight is 206 g/mol. The summed E-state index contributed by atoms with van der Waals surface area (Å²) < 4.78 is 0. The third-order valence-corrected chi connectivity index (χ3v) is 2.81. The monoisotopic (exact) mass is 206 g/mol. The molecule has 2 N–H and O–H groups in total. The second-order valence-corrected chi connectivity index (χ2v) is 4.46. The van der Waals surface area contributed by atoms with Gasteiger partial charge in [-0.2, -0.15) is 0 Å². The minimum absolute atomic E-state index is 0.338. The Morgan fingerprint density at radius 3 is 2.87 bits per heavy atom. The number of para-hydroxylation sites is 1. The molecule has 1 aromatic rings. The van der Waals surface area contributed by atoms with Crippen molar-refractivity contribution in [2.24, 2.45) is 0 Å². The number of anilines is 2. The molecule has 2 rings (SSSR count). The van der Waals surface area contributed by atoms with Crippen LogP contribution in [-0.4, -0.2) is 23.7 Å². The fourth-order valence-electron chi connectivity index (χ4n) is 2.09. The van der Waals surface area contributed by atoms with E-state index in [1.807, 2.05) is 12.1 Å². The fourth-order valence-corrected chi connectivity index (χ4v) is 2.09. The largest absolute Gasteiger partial charge is 0.506 e. The van der Waals surface area contributed by atoms with Crippen LogP contribution in [0, 0.1) is 0 Å². The van der Waals surface area contributed by atoms with Gasteiger partial charge in [0.25, 0.3) is 0 Å². The summed E-state index contributed by atoms with van der Waals surface area (Å²) in [6, 6.07) is 6.49. The van der Waals surface area contributed by atoms with E-state index in [4.69, 9.17) is 0 Å². The molecule has 1 aliphatic heterocycles. The Labute approximate surface area is 90.7 Å². The predicted molar refractivity (Wildman–Crippen MR) is 63.7 cm³/mol. The van der Waals surface area contributed by atoms with Gasteiger partial charge in [0.05, 0.1) is 5.69 Å². The van der Waals surface area contributed by atoms with E-state index < -0.39 is 0 Å². The summed E-state index contributed by atoms with van der Waals surface area (Å²) >= 11 is 0. The number of fused-ring (bicyclic) bond motifs is 1. The van der Waals surface area contributed by atoms with Gasteiger partial charge in [0.15, 0.2) is 0 Å². The number of rotatable bonds is 1. The molecule has 0 aromatic heterocycles. The van der Waals surface area contributed by atoms with Gasteiger partial charge in [-0.1, -0.05) is 6.07 Å². The molecule has 0 aliphatic carbocycles. The molecular weight excluding hydrogens is 188 g/mol. The third kappa shape index (κ3) is 1.74. The van der Waals surface area contributed by atoms with Crippen LogP contribution in [0.15, 0.2) is 18.2 Å². The summed E-state index contributed by atoms with van der Waals surface area (Å²) in [6.45, 7) is 7.45. The van der Waals surface area contributed by atoms with Gasteiger partial charge in [0.1, 0.15) is 11.4 Å². The molecule has 3 heteroatoms. The molecule has 0 bridgehead atoms. The van der Waals surface area contributed by atoms with Crippen molar-refractivity contribution in [1.82, 2.24) is 0 Å². The molecule has 0 radical (unpaired) electrons. The van der Waals surface area contributed by atoms with Crippen LogP contribution in [0.4, 0.5) is 11.4 Å². The van der Waals surface area contributed by atoms with Gasteiger partial charge in [0, 0.05) is 18.6 Å². The van der Waals surface area contributed by atoms with E-state index in [2.05, 4.69) is 31.0 Å². The lowest BCUT2D eigenvalue weighted by Gasteiger charge is -2.38. The van der Waals surface area contributed by atoms with Crippen LogP contribution >= 0.6 is 0 Å². The van der Waals surface area contributed by atoms with Gasteiger partial charge >= 0.3 is 0 Å². The number of aromatic hydroxyl groups is 1. The second kappa shape index (κ2) is 3.65. The Balaban J connectivity index is 2.46. The molecule has 82 valence electrons. The highest BCUT2D eigenvalue weighted by molar-refractivity contribution is 5.78. The quantitative estimate of drug-likeness (QED) is 0.693. The van der Waals surface area contributed by atoms with Crippen LogP contribution in [-0.2, 0) is 0 Å². The van der Waals surface area contributed by atoms with E-state index in [0.717, 1.165) is 17.9 Å². The highest BCUT2D eigenvalue weighted by Crippen LogP contribution is 2.38. The fraction of sp³-hybridized carbons (Fsp3) is 0.500. The maximum Gasteiger partial charge on any atom is 0.140 e. The lowest BCUT2D eigenvalue weighted by molar-refractivity contribution is 0.474. The first-order chi connectivity index (χ1) is 7.09. The molecule has 0 saturated heterocycles. The number of nitrogens with one attached hydrogen (secondary N) is 1. The van der Waals surface area contributed by atoms with E-state index in [0.29, 0.717) is 17.8 Å². The summed E-state index contributed by atoms with van der Waals surface area (Å²) in [6.07, 6.45) is 0. The molecular formula is C12H18N2O. The zero-order valence-corrected chi connectivity index (χ0v) is 9.49. The van der Waals surface area contributed by atoms with Crippen molar-refractivity contribution in [2.45, 2.75) is 32.9 Å². The molecule has 3 nitrogen and oxygen atoms in total. The average Bonchev–Trinajstić information content (AvgIpc) is 2.18. The number of hydrogen-bond donors (Lipinski definition) is 2. The predicted octanol–water partition coefficient (Wildman–Crippen LogP) is 2.42. The van der Waals surface area contributed by atoms with Crippen LogP contribution in [0.2, 0.25) is 0 Å². The van der Waals surface area contributed by atoms with Crippen molar-refractivity contribution in [3.05, 3.63) is 18.2 Å². The first-order valence-corrected chi connectivity index (χ1v) is 5.44. The minimum Gasteiger partial charge on any atom is -0.506 e. The summed E-state index contributed by atoms with van der Waals surface area (Å²) in [5.41, 5.74) is 1.97. The Morgan fingerprint density at radius 1 is 1.47 bits per heavy atom. The van der Waals surface area contributed by atoms with Crippen LogP contribution in [0.5, 0.6) is 5.75 Å². The molecule has 0 spiro atoms. The maximum atomic E-state index is 9.78. The number of hydrogen-bond acceptors (Lipinski definition) is 3. The molecule has 15 heavy (non-hydrogen) atoms. The maximum absolute atomic E-state index is 9.78. The van der Waals surface area contributed by atoms with Crippen molar-refractivity contribution in [1.29, 1.82) is 0 Å². The normalized spacial score (nSPS) is 20.0.